The number of thiazole rings is 1. The van der Waals surface area contributed by atoms with Gasteiger partial charge < -0.3 is 19.3 Å². The predicted octanol–water partition coefficient (Wildman–Crippen LogP) is 6.99. The number of halogens is 1. The van der Waals surface area contributed by atoms with Crippen molar-refractivity contribution in [3.05, 3.63) is 105 Å². The molecule has 1 amide bonds. The highest BCUT2D eigenvalue weighted by Gasteiger charge is 2.25. The Morgan fingerprint density at radius 2 is 1.60 bits per heavy atom. The van der Waals surface area contributed by atoms with Gasteiger partial charge in [-0.15, -0.1) is 11.3 Å². The van der Waals surface area contributed by atoms with E-state index in [9.17, 15) is 4.79 Å². The van der Waals surface area contributed by atoms with Crippen LogP contribution < -0.4 is 14.4 Å². The number of piperazine rings is 1. The number of nitrogens with zero attached hydrogens (tertiary/aromatic N) is 4. The molecule has 7 nitrogen and oxygen atoms in total. The van der Waals surface area contributed by atoms with Crippen molar-refractivity contribution in [2.24, 2.45) is 0 Å². The minimum absolute atomic E-state index is 0.0126. The fraction of sp³-hybridized carbons (Fsp3) is 0.353. The zero-order valence-corrected chi connectivity index (χ0v) is 26.5. The quantitative estimate of drug-likeness (QED) is 0.213. The first-order valence-electron chi connectivity index (χ1n) is 14.7. The van der Waals surface area contributed by atoms with E-state index >= 15 is 0 Å². The molecule has 43 heavy (non-hydrogen) atoms. The van der Waals surface area contributed by atoms with E-state index in [1.165, 1.54) is 11.1 Å². The lowest BCUT2D eigenvalue weighted by atomic mass is 9.87. The summed E-state index contributed by atoms with van der Waals surface area (Å²) >= 11 is 7.95. The minimum Gasteiger partial charge on any atom is -0.454 e. The molecule has 0 aliphatic carbocycles. The number of ether oxygens (including phenoxy) is 2. The van der Waals surface area contributed by atoms with Crippen LogP contribution in [0.25, 0.3) is 0 Å². The van der Waals surface area contributed by atoms with Crippen LogP contribution in [0.3, 0.4) is 0 Å². The number of carbonyl (C=O) groups excluding carboxylic acids is 1. The van der Waals surface area contributed by atoms with Gasteiger partial charge in [-0.2, -0.15) is 0 Å². The van der Waals surface area contributed by atoms with E-state index < -0.39 is 0 Å². The molecule has 4 aromatic rings. The highest BCUT2D eigenvalue weighted by atomic mass is 35.5. The van der Waals surface area contributed by atoms with Crippen molar-refractivity contribution >= 4 is 34.5 Å². The molecular weight excluding hydrogens is 580 g/mol. The summed E-state index contributed by atoms with van der Waals surface area (Å²) in [6.45, 7) is 11.8. The zero-order chi connectivity index (χ0) is 30.0. The van der Waals surface area contributed by atoms with Gasteiger partial charge >= 0.3 is 0 Å². The maximum absolute atomic E-state index is 13.4. The van der Waals surface area contributed by atoms with Gasteiger partial charge in [0.2, 0.25) is 6.79 Å². The molecular formula is C34H37ClN4O3S. The van der Waals surface area contributed by atoms with Crippen LogP contribution in [0.5, 0.6) is 11.5 Å². The molecule has 0 radical (unpaired) electrons. The summed E-state index contributed by atoms with van der Waals surface area (Å²) < 4.78 is 11.1. The van der Waals surface area contributed by atoms with Crippen LogP contribution in [-0.2, 0) is 25.0 Å². The number of fused-ring (bicyclic) bond motifs is 1. The van der Waals surface area contributed by atoms with E-state index in [1.54, 1.807) is 11.3 Å². The molecule has 1 fully saturated rings. The van der Waals surface area contributed by atoms with Gasteiger partial charge in [0, 0.05) is 44.6 Å². The van der Waals surface area contributed by atoms with Gasteiger partial charge in [-0.25, -0.2) is 4.98 Å². The second-order valence-corrected chi connectivity index (χ2v) is 13.5. The maximum Gasteiger partial charge on any atom is 0.273 e. The zero-order valence-electron chi connectivity index (χ0n) is 24.9. The lowest BCUT2D eigenvalue weighted by molar-refractivity contribution is 0.0741. The molecule has 2 aliphatic rings. The van der Waals surface area contributed by atoms with Gasteiger partial charge in [-0.05, 0) is 46.4 Å². The number of hydrogen-bond acceptors (Lipinski definition) is 7. The van der Waals surface area contributed by atoms with Crippen LogP contribution in [0, 0.1) is 0 Å². The van der Waals surface area contributed by atoms with Crippen LogP contribution >= 0.6 is 22.9 Å². The van der Waals surface area contributed by atoms with E-state index in [1.807, 2.05) is 40.6 Å². The Hall–Kier alpha value is -3.59. The molecule has 0 bridgehead atoms. The lowest BCUT2D eigenvalue weighted by Gasteiger charge is -2.36. The maximum atomic E-state index is 13.4. The van der Waals surface area contributed by atoms with Crippen LogP contribution in [0.2, 0.25) is 5.02 Å². The number of benzene rings is 3. The topological polar surface area (TPSA) is 58.1 Å². The molecule has 1 aromatic heterocycles. The third-order valence-electron chi connectivity index (χ3n) is 7.96. The van der Waals surface area contributed by atoms with Gasteiger partial charge in [0.1, 0.15) is 10.7 Å². The summed E-state index contributed by atoms with van der Waals surface area (Å²) in [4.78, 5) is 24.7. The number of carbonyl (C=O) groups is 1. The van der Waals surface area contributed by atoms with Crippen LogP contribution in [0.15, 0.2) is 72.1 Å². The molecule has 224 valence electrons. The van der Waals surface area contributed by atoms with Crippen LogP contribution in [-0.4, -0.2) is 53.7 Å². The van der Waals surface area contributed by atoms with E-state index in [0.29, 0.717) is 31.9 Å². The van der Waals surface area contributed by atoms with E-state index in [0.717, 1.165) is 52.4 Å². The Morgan fingerprint density at radius 3 is 2.35 bits per heavy atom. The van der Waals surface area contributed by atoms with Crippen LogP contribution in [0.1, 0.15) is 53.0 Å². The Bertz CT molecular complexity index is 1580. The summed E-state index contributed by atoms with van der Waals surface area (Å²) in [5, 5.41) is 3.56. The molecule has 0 atom stereocenters. The first kappa shape index (κ1) is 29.5. The second-order valence-electron chi connectivity index (χ2n) is 12.1. The van der Waals surface area contributed by atoms with E-state index in [2.05, 4.69) is 67.0 Å². The predicted molar refractivity (Wildman–Crippen MR) is 172 cm³/mol. The van der Waals surface area contributed by atoms with Crippen LogP contribution in [0.4, 0.5) is 5.69 Å². The summed E-state index contributed by atoms with van der Waals surface area (Å²) in [7, 11) is 0. The molecule has 2 aliphatic heterocycles. The smallest absolute Gasteiger partial charge is 0.273 e. The Labute approximate surface area is 262 Å². The highest BCUT2D eigenvalue weighted by molar-refractivity contribution is 7.09. The Morgan fingerprint density at radius 1 is 0.907 bits per heavy atom. The largest absolute Gasteiger partial charge is 0.454 e. The Balaban J connectivity index is 1.14. The normalized spacial score (nSPS) is 14.9. The third kappa shape index (κ3) is 6.98. The molecule has 3 heterocycles. The van der Waals surface area contributed by atoms with Gasteiger partial charge in [0.05, 0.1) is 17.3 Å². The van der Waals surface area contributed by atoms with Gasteiger partial charge in [0.15, 0.2) is 11.5 Å². The average molecular weight is 617 g/mol. The van der Waals surface area contributed by atoms with Gasteiger partial charge in [0.25, 0.3) is 5.91 Å². The van der Waals surface area contributed by atoms with Gasteiger partial charge in [-0.3, -0.25) is 9.69 Å². The molecule has 0 N–H and O–H groups in total. The highest BCUT2D eigenvalue weighted by Crippen LogP contribution is 2.33. The first-order valence-corrected chi connectivity index (χ1v) is 15.9. The van der Waals surface area contributed by atoms with Crippen molar-refractivity contribution in [3.63, 3.8) is 0 Å². The molecule has 9 heteroatoms. The monoisotopic (exact) mass is 616 g/mol. The van der Waals surface area contributed by atoms with Crippen molar-refractivity contribution in [2.45, 2.75) is 45.8 Å². The molecule has 0 spiro atoms. The number of aromatic nitrogens is 1. The summed E-state index contributed by atoms with van der Waals surface area (Å²) in [5.41, 5.74) is 5.33. The minimum atomic E-state index is -0.0126. The lowest BCUT2D eigenvalue weighted by Crippen LogP contribution is -2.49. The van der Waals surface area contributed by atoms with E-state index in [-0.39, 0.29) is 18.1 Å². The Kier molecular flexibility index (Phi) is 8.61. The molecule has 3 aromatic carbocycles. The van der Waals surface area contributed by atoms with Crippen molar-refractivity contribution in [2.75, 3.05) is 37.9 Å². The van der Waals surface area contributed by atoms with Crippen molar-refractivity contribution in [1.29, 1.82) is 0 Å². The van der Waals surface area contributed by atoms with Crippen molar-refractivity contribution in [1.82, 2.24) is 14.8 Å². The molecule has 0 unspecified atom stereocenters. The molecule has 1 saturated heterocycles. The first-order chi connectivity index (χ1) is 20.7. The standard InChI is InChI=1S/C34H37ClN4O3S/c1-34(2,3)26-11-8-24(9-12-26)19-37(20-25-10-13-30-31(18-25)42-23-41-30)21-32-36-28(22-43-32)33(40)39-16-14-38(15-17-39)29-7-5-4-6-27(29)35/h4-13,18,22H,14-17,19-21,23H2,1-3H3. The average Bonchev–Trinajstić information content (AvgIpc) is 3.66. The van der Waals surface area contributed by atoms with Crippen molar-refractivity contribution in [3.8, 4) is 11.5 Å². The number of amides is 1. The number of para-hydroxylation sites is 1. The molecule has 0 saturated carbocycles. The summed E-state index contributed by atoms with van der Waals surface area (Å²) in [6.07, 6.45) is 0. The fourth-order valence-corrected chi connectivity index (χ4v) is 6.59. The fourth-order valence-electron chi connectivity index (χ4n) is 5.53. The summed E-state index contributed by atoms with van der Waals surface area (Å²) in [5.74, 6) is 1.55. The van der Waals surface area contributed by atoms with Crippen molar-refractivity contribution < 1.29 is 14.3 Å². The number of rotatable bonds is 8. The van der Waals surface area contributed by atoms with Gasteiger partial charge in [-0.1, -0.05) is 74.8 Å². The third-order valence-corrected chi connectivity index (χ3v) is 9.11. The summed E-state index contributed by atoms with van der Waals surface area (Å²) in [6, 6.07) is 22.8. The number of hydrogen-bond donors (Lipinski definition) is 0. The second kappa shape index (κ2) is 12.6. The SMILES string of the molecule is CC(C)(C)c1ccc(CN(Cc2ccc3c(c2)OCO3)Cc2nc(C(=O)N3CCN(c4ccccc4Cl)CC3)cs2)cc1. The van der Waals surface area contributed by atoms with E-state index in [4.69, 9.17) is 26.1 Å². The number of anilines is 1. The molecule has 6 rings (SSSR count).